The van der Waals surface area contributed by atoms with Crippen molar-refractivity contribution < 1.29 is 9.53 Å². The van der Waals surface area contributed by atoms with E-state index in [1.807, 2.05) is 37.3 Å². The Hall–Kier alpha value is -1.85. The molecule has 5 heteroatoms. The molecule has 1 fully saturated rings. The number of nitrogens with zero attached hydrogens (tertiary/aromatic N) is 1. The standard InChI is InChI=1S/C20H23BrN2O2/c1-14-3-6-16(11-19(14)21)22-20(24)13-23(17-7-8-17)12-15-4-9-18(25-2)10-5-15/h3-6,9-11,17H,7-8,12-13H2,1-2H3,(H,22,24). The first-order valence-corrected chi connectivity index (χ1v) is 9.27. The number of hydrogen-bond donors (Lipinski definition) is 1. The molecule has 0 aromatic heterocycles. The Labute approximate surface area is 157 Å². The highest BCUT2D eigenvalue weighted by atomic mass is 79.9. The molecule has 1 amide bonds. The van der Waals surface area contributed by atoms with Gasteiger partial charge >= 0.3 is 0 Å². The monoisotopic (exact) mass is 402 g/mol. The van der Waals surface area contributed by atoms with Crippen molar-refractivity contribution in [3.05, 3.63) is 58.1 Å². The molecule has 0 radical (unpaired) electrons. The molecule has 0 atom stereocenters. The number of benzene rings is 2. The number of ether oxygens (including phenoxy) is 1. The van der Waals surface area contributed by atoms with Crippen molar-refractivity contribution in [3.63, 3.8) is 0 Å². The number of halogens is 1. The van der Waals surface area contributed by atoms with Gasteiger partial charge in [-0.25, -0.2) is 0 Å². The van der Waals surface area contributed by atoms with Crippen molar-refractivity contribution in [1.82, 2.24) is 4.90 Å². The third kappa shape index (κ3) is 5.06. The Morgan fingerprint density at radius 2 is 1.96 bits per heavy atom. The summed E-state index contributed by atoms with van der Waals surface area (Å²) in [5, 5.41) is 3.00. The molecule has 4 nitrogen and oxygen atoms in total. The zero-order valence-corrected chi connectivity index (χ0v) is 16.2. The lowest BCUT2D eigenvalue weighted by Crippen LogP contribution is -2.34. The highest BCUT2D eigenvalue weighted by molar-refractivity contribution is 9.10. The lowest BCUT2D eigenvalue weighted by Gasteiger charge is -2.21. The SMILES string of the molecule is COc1ccc(CN(CC(=O)Nc2ccc(C)c(Br)c2)C2CC2)cc1. The highest BCUT2D eigenvalue weighted by Gasteiger charge is 2.30. The van der Waals surface area contributed by atoms with E-state index >= 15 is 0 Å². The van der Waals surface area contributed by atoms with Gasteiger partial charge in [-0.2, -0.15) is 0 Å². The zero-order chi connectivity index (χ0) is 17.8. The van der Waals surface area contributed by atoms with Gasteiger partial charge in [-0.05, 0) is 55.2 Å². The molecule has 3 rings (SSSR count). The quantitative estimate of drug-likeness (QED) is 0.747. The molecule has 1 aliphatic carbocycles. The maximum atomic E-state index is 12.5. The van der Waals surface area contributed by atoms with E-state index in [-0.39, 0.29) is 5.91 Å². The number of carbonyl (C=O) groups is 1. The summed E-state index contributed by atoms with van der Waals surface area (Å²) in [6.45, 7) is 3.21. The molecule has 2 aromatic carbocycles. The molecule has 2 aromatic rings. The lowest BCUT2D eigenvalue weighted by atomic mass is 10.2. The maximum Gasteiger partial charge on any atom is 0.238 e. The van der Waals surface area contributed by atoms with Gasteiger partial charge in [-0.15, -0.1) is 0 Å². The van der Waals surface area contributed by atoms with Crippen molar-refractivity contribution in [1.29, 1.82) is 0 Å². The molecular formula is C20H23BrN2O2. The van der Waals surface area contributed by atoms with E-state index in [2.05, 4.69) is 38.3 Å². The second kappa shape index (κ2) is 8.02. The minimum Gasteiger partial charge on any atom is -0.497 e. The summed E-state index contributed by atoms with van der Waals surface area (Å²) in [5.41, 5.74) is 3.17. The van der Waals surface area contributed by atoms with Crippen molar-refractivity contribution in [3.8, 4) is 5.75 Å². The van der Waals surface area contributed by atoms with Crippen molar-refractivity contribution in [2.24, 2.45) is 0 Å². The van der Waals surface area contributed by atoms with E-state index in [1.165, 1.54) is 18.4 Å². The molecule has 25 heavy (non-hydrogen) atoms. The normalized spacial score (nSPS) is 13.8. The van der Waals surface area contributed by atoms with Crippen LogP contribution in [0.4, 0.5) is 5.69 Å². The summed E-state index contributed by atoms with van der Waals surface area (Å²) in [6.07, 6.45) is 2.33. The smallest absolute Gasteiger partial charge is 0.238 e. The van der Waals surface area contributed by atoms with Gasteiger partial charge in [0.1, 0.15) is 5.75 Å². The molecule has 0 unspecified atom stereocenters. The summed E-state index contributed by atoms with van der Waals surface area (Å²) in [4.78, 5) is 14.7. The van der Waals surface area contributed by atoms with Crippen LogP contribution in [0.15, 0.2) is 46.9 Å². The summed E-state index contributed by atoms with van der Waals surface area (Å²) in [6, 6.07) is 14.4. The van der Waals surface area contributed by atoms with E-state index in [9.17, 15) is 4.79 Å². The molecular weight excluding hydrogens is 380 g/mol. The lowest BCUT2D eigenvalue weighted by molar-refractivity contribution is -0.117. The highest BCUT2D eigenvalue weighted by Crippen LogP contribution is 2.28. The molecule has 1 saturated carbocycles. The average Bonchev–Trinajstić information content (AvgIpc) is 3.43. The maximum absolute atomic E-state index is 12.5. The number of rotatable bonds is 7. The molecule has 1 aliphatic rings. The third-order valence-electron chi connectivity index (χ3n) is 4.41. The first-order chi connectivity index (χ1) is 12.0. The summed E-state index contributed by atoms with van der Waals surface area (Å²) in [7, 11) is 1.67. The van der Waals surface area contributed by atoms with Crippen molar-refractivity contribution >= 4 is 27.5 Å². The summed E-state index contributed by atoms with van der Waals surface area (Å²) >= 11 is 3.50. The number of methoxy groups -OCH3 is 1. The molecule has 132 valence electrons. The van der Waals surface area contributed by atoms with Gasteiger partial charge in [0, 0.05) is 22.7 Å². The minimum absolute atomic E-state index is 0.0242. The topological polar surface area (TPSA) is 41.6 Å². The van der Waals surface area contributed by atoms with Gasteiger partial charge < -0.3 is 10.1 Å². The van der Waals surface area contributed by atoms with E-state index in [0.717, 1.165) is 28.0 Å². The van der Waals surface area contributed by atoms with Crippen LogP contribution in [0.2, 0.25) is 0 Å². The Balaban J connectivity index is 1.60. The van der Waals surface area contributed by atoms with Gasteiger partial charge in [0.05, 0.1) is 13.7 Å². The van der Waals surface area contributed by atoms with Crippen LogP contribution in [0.1, 0.15) is 24.0 Å². The minimum atomic E-state index is 0.0242. The van der Waals surface area contributed by atoms with E-state index in [4.69, 9.17) is 4.74 Å². The zero-order valence-electron chi connectivity index (χ0n) is 14.6. The van der Waals surface area contributed by atoms with Crippen LogP contribution in [-0.4, -0.2) is 30.5 Å². The fourth-order valence-electron chi connectivity index (χ4n) is 2.77. The van der Waals surface area contributed by atoms with Gasteiger partial charge in [0.15, 0.2) is 0 Å². The van der Waals surface area contributed by atoms with Crippen LogP contribution in [-0.2, 0) is 11.3 Å². The Morgan fingerprint density at radius 3 is 2.56 bits per heavy atom. The first kappa shape index (κ1) is 18.0. The van der Waals surface area contributed by atoms with Crippen LogP contribution >= 0.6 is 15.9 Å². The van der Waals surface area contributed by atoms with Gasteiger partial charge in [-0.1, -0.05) is 34.1 Å². The van der Waals surface area contributed by atoms with Crippen LogP contribution in [0.25, 0.3) is 0 Å². The number of nitrogens with one attached hydrogen (secondary N) is 1. The number of anilines is 1. The van der Waals surface area contributed by atoms with Gasteiger partial charge in [0.2, 0.25) is 5.91 Å². The number of aryl methyl sites for hydroxylation is 1. The molecule has 0 heterocycles. The van der Waals surface area contributed by atoms with Gasteiger partial charge in [0.25, 0.3) is 0 Å². The number of hydrogen-bond acceptors (Lipinski definition) is 3. The average molecular weight is 403 g/mol. The summed E-state index contributed by atoms with van der Waals surface area (Å²) < 4.78 is 6.20. The Kier molecular flexibility index (Phi) is 5.76. The van der Waals surface area contributed by atoms with E-state index < -0.39 is 0 Å². The predicted octanol–water partition coefficient (Wildman–Crippen LogP) is 4.37. The molecule has 0 saturated heterocycles. The third-order valence-corrected chi connectivity index (χ3v) is 5.26. The molecule has 0 bridgehead atoms. The van der Waals surface area contributed by atoms with Crippen LogP contribution < -0.4 is 10.1 Å². The Morgan fingerprint density at radius 1 is 1.24 bits per heavy atom. The molecule has 1 N–H and O–H groups in total. The second-order valence-corrected chi connectivity index (χ2v) is 7.35. The van der Waals surface area contributed by atoms with Crippen molar-refractivity contribution in [2.75, 3.05) is 19.0 Å². The van der Waals surface area contributed by atoms with Crippen LogP contribution in [0.5, 0.6) is 5.75 Å². The second-order valence-electron chi connectivity index (χ2n) is 6.50. The van der Waals surface area contributed by atoms with Crippen LogP contribution in [0.3, 0.4) is 0 Å². The van der Waals surface area contributed by atoms with Crippen molar-refractivity contribution in [2.45, 2.75) is 32.4 Å². The first-order valence-electron chi connectivity index (χ1n) is 8.48. The number of carbonyl (C=O) groups excluding carboxylic acids is 1. The Bertz CT molecular complexity index is 742. The van der Waals surface area contributed by atoms with E-state index in [0.29, 0.717) is 12.6 Å². The predicted molar refractivity (Wildman–Crippen MR) is 104 cm³/mol. The van der Waals surface area contributed by atoms with Gasteiger partial charge in [-0.3, -0.25) is 9.69 Å². The molecule has 0 aliphatic heterocycles. The fraction of sp³-hybridized carbons (Fsp3) is 0.350. The van der Waals surface area contributed by atoms with E-state index in [1.54, 1.807) is 7.11 Å². The number of amides is 1. The largest absolute Gasteiger partial charge is 0.497 e. The molecule has 0 spiro atoms. The van der Waals surface area contributed by atoms with Crippen LogP contribution in [0, 0.1) is 6.92 Å². The fourth-order valence-corrected chi connectivity index (χ4v) is 3.15. The summed E-state index contributed by atoms with van der Waals surface area (Å²) in [5.74, 6) is 0.876.